The lowest BCUT2D eigenvalue weighted by Gasteiger charge is -2.39. The molecule has 0 aliphatic carbocycles. The Labute approximate surface area is 249 Å². The number of aliphatic hydroxyl groups is 3. The van der Waals surface area contributed by atoms with E-state index in [4.69, 9.17) is 18.6 Å². The maximum Gasteiger partial charge on any atom is 0.338 e. The Balaban J connectivity index is 1.50. The fourth-order valence-electron chi connectivity index (χ4n) is 4.53. The molecule has 0 bridgehead atoms. The fraction of sp³-hybridized carbons (Fsp3) is 0.214. The first-order valence-corrected chi connectivity index (χ1v) is 12.7. The van der Waals surface area contributed by atoms with E-state index >= 15 is 0 Å². The summed E-state index contributed by atoms with van der Waals surface area (Å²) >= 11 is 0. The van der Waals surface area contributed by atoms with Gasteiger partial charge in [-0.25, -0.2) is 4.79 Å². The summed E-state index contributed by atoms with van der Waals surface area (Å²) in [6, 6.07) is 5.02. The highest BCUT2D eigenvalue weighted by Crippen LogP contribution is 2.43. The molecule has 0 saturated carbocycles. The van der Waals surface area contributed by atoms with Gasteiger partial charge in [-0.1, -0.05) is 0 Å². The Morgan fingerprint density at radius 3 is 1.91 bits per heavy atom. The number of esters is 1. The summed E-state index contributed by atoms with van der Waals surface area (Å²) < 4.78 is 21.8. The number of carbonyl (C=O) groups is 1. The van der Waals surface area contributed by atoms with Crippen LogP contribution >= 0.6 is 0 Å². The van der Waals surface area contributed by atoms with E-state index in [2.05, 4.69) is 0 Å². The molecule has 17 nitrogen and oxygen atoms in total. The van der Waals surface area contributed by atoms with Gasteiger partial charge in [0.15, 0.2) is 40.3 Å². The van der Waals surface area contributed by atoms with Gasteiger partial charge in [0.1, 0.15) is 53.5 Å². The van der Waals surface area contributed by atoms with E-state index in [9.17, 15) is 65.8 Å². The van der Waals surface area contributed by atoms with Gasteiger partial charge < -0.3 is 74.8 Å². The molecule has 1 fully saturated rings. The molecular formula is C28H24O17. The number of aromatic hydroxyl groups is 8. The quantitative estimate of drug-likeness (QED) is 0.0995. The zero-order valence-corrected chi connectivity index (χ0v) is 22.4. The molecule has 45 heavy (non-hydrogen) atoms. The van der Waals surface area contributed by atoms with E-state index in [-0.39, 0.29) is 5.56 Å². The van der Waals surface area contributed by atoms with Gasteiger partial charge in [0.05, 0.1) is 5.56 Å². The van der Waals surface area contributed by atoms with E-state index in [1.807, 2.05) is 0 Å². The first kappa shape index (κ1) is 30.8. The predicted molar refractivity (Wildman–Crippen MR) is 145 cm³/mol. The van der Waals surface area contributed by atoms with E-state index < -0.39 is 123 Å². The van der Waals surface area contributed by atoms with Gasteiger partial charge in [-0.15, -0.1) is 0 Å². The summed E-state index contributed by atoms with van der Waals surface area (Å²) in [4.78, 5) is 26.0. The number of hydrogen-bond acceptors (Lipinski definition) is 17. The molecule has 1 aliphatic rings. The highest BCUT2D eigenvalue weighted by molar-refractivity contribution is 5.91. The number of aliphatic hydroxyl groups excluding tert-OH is 3. The minimum Gasteiger partial charge on any atom is -0.508 e. The van der Waals surface area contributed by atoms with Crippen LogP contribution in [0.5, 0.6) is 51.7 Å². The molecule has 0 unspecified atom stereocenters. The third-order valence-electron chi connectivity index (χ3n) is 6.84. The molecular weight excluding hydrogens is 608 g/mol. The van der Waals surface area contributed by atoms with Crippen molar-refractivity contribution < 1.29 is 79.6 Å². The summed E-state index contributed by atoms with van der Waals surface area (Å²) in [5.74, 6) is -9.11. The SMILES string of the molecule is O=C(OC[C@H]1O[C@@H](Oc2c(-c3cc(O)c(O)c(O)c3)oc3cc(O)cc(O)c3c2=O)[C@@H](O)[C@H](O)[C@H]1O)c1cc(O)c(O)c(O)c1. The molecule has 3 aromatic carbocycles. The maximum absolute atomic E-state index is 13.6. The second-order valence-corrected chi connectivity index (χ2v) is 9.88. The van der Waals surface area contributed by atoms with Gasteiger partial charge >= 0.3 is 5.97 Å². The third-order valence-corrected chi connectivity index (χ3v) is 6.84. The lowest BCUT2D eigenvalue weighted by molar-refractivity contribution is -0.277. The number of fused-ring (bicyclic) bond motifs is 1. The number of phenolic OH excluding ortho intramolecular Hbond substituents is 8. The first-order chi connectivity index (χ1) is 21.2. The average molecular weight is 632 g/mol. The Morgan fingerprint density at radius 2 is 1.31 bits per heavy atom. The van der Waals surface area contributed by atoms with Gasteiger partial charge in [-0.3, -0.25) is 4.79 Å². The normalized spacial score (nSPS) is 21.4. The monoisotopic (exact) mass is 632 g/mol. The van der Waals surface area contributed by atoms with Crippen LogP contribution in [0.15, 0.2) is 45.6 Å². The van der Waals surface area contributed by atoms with E-state index in [1.165, 1.54) is 0 Å². The molecule has 11 N–H and O–H groups in total. The highest BCUT2D eigenvalue weighted by atomic mass is 16.7. The van der Waals surface area contributed by atoms with Gasteiger partial charge in [0.2, 0.25) is 17.5 Å². The van der Waals surface area contributed by atoms with Crippen LogP contribution < -0.4 is 10.2 Å². The zero-order valence-electron chi connectivity index (χ0n) is 22.4. The molecule has 1 saturated heterocycles. The van der Waals surface area contributed by atoms with Crippen molar-refractivity contribution in [3.05, 3.63) is 52.2 Å². The minimum atomic E-state index is -2.07. The van der Waals surface area contributed by atoms with Crippen molar-refractivity contribution in [3.63, 3.8) is 0 Å². The van der Waals surface area contributed by atoms with Crippen molar-refractivity contribution in [1.29, 1.82) is 0 Å². The first-order valence-electron chi connectivity index (χ1n) is 12.7. The van der Waals surface area contributed by atoms with E-state index in [1.54, 1.807) is 0 Å². The van der Waals surface area contributed by atoms with Gasteiger partial charge in [0.25, 0.3) is 0 Å². The predicted octanol–water partition coefficient (Wildman–Crippen LogP) is 0.148. The summed E-state index contributed by atoms with van der Waals surface area (Å²) in [7, 11) is 0. The second kappa shape index (κ2) is 11.5. The standard InChI is InChI=1S/C28H24O17/c29-10-5-11(30)18-16(6-10)43-25(8-1-12(31)19(35)13(32)2-8)26(22(18)38)45-28-24(40)23(39)21(37)17(44-28)7-42-27(41)9-3-14(33)20(36)15(34)4-9/h1-6,17,21,23-24,28-37,39-40H,7H2/t17-,21+,23-,24+,28+/m1/s1. The van der Waals surface area contributed by atoms with Crippen LogP contribution in [0.3, 0.4) is 0 Å². The third kappa shape index (κ3) is 5.58. The zero-order chi connectivity index (χ0) is 32.9. The average Bonchev–Trinajstić information content (AvgIpc) is 2.98. The summed E-state index contributed by atoms with van der Waals surface area (Å²) in [5.41, 5.74) is -2.26. The van der Waals surface area contributed by atoms with Crippen LogP contribution in [-0.2, 0) is 9.47 Å². The van der Waals surface area contributed by atoms with Crippen molar-refractivity contribution in [1.82, 2.24) is 0 Å². The van der Waals surface area contributed by atoms with Crippen molar-refractivity contribution >= 4 is 16.9 Å². The summed E-state index contributed by atoms with van der Waals surface area (Å²) in [6.45, 7) is -0.828. The molecule has 4 aromatic rings. The number of benzene rings is 3. The van der Waals surface area contributed by atoms with E-state index in [0.717, 1.165) is 36.4 Å². The topological polar surface area (TPSA) is 298 Å². The van der Waals surface area contributed by atoms with Crippen LogP contribution in [-0.4, -0.2) is 99.5 Å². The molecule has 0 amide bonds. The van der Waals surface area contributed by atoms with Crippen molar-refractivity contribution in [3.8, 4) is 63.1 Å². The molecule has 238 valence electrons. The van der Waals surface area contributed by atoms with Crippen LogP contribution in [0.1, 0.15) is 10.4 Å². The molecule has 2 heterocycles. The molecule has 0 radical (unpaired) electrons. The number of rotatable bonds is 6. The lowest BCUT2D eigenvalue weighted by Crippen LogP contribution is -2.60. The van der Waals surface area contributed by atoms with Gasteiger partial charge in [-0.05, 0) is 24.3 Å². The van der Waals surface area contributed by atoms with Crippen LogP contribution in [0.4, 0.5) is 0 Å². The number of ether oxygens (including phenoxy) is 3. The van der Waals surface area contributed by atoms with Crippen molar-refractivity contribution in [2.24, 2.45) is 0 Å². The Morgan fingerprint density at radius 1 is 0.733 bits per heavy atom. The molecule has 5 rings (SSSR count). The number of phenols is 8. The van der Waals surface area contributed by atoms with Gasteiger partial charge in [0, 0.05) is 17.7 Å². The molecule has 0 spiro atoms. The lowest BCUT2D eigenvalue weighted by atomic mass is 9.99. The smallest absolute Gasteiger partial charge is 0.338 e. The number of hydrogen-bond donors (Lipinski definition) is 11. The van der Waals surface area contributed by atoms with Crippen molar-refractivity contribution in [2.45, 2.75) is 30.7 Å². The van der Waals surface area contributed by atoms with Crippen molar-refractivity contribution in [2.75, 3.05) is 6.61 Å². The van der Waals surface area contributed by atoms with E-state index in [0.29, 0.717) is 0 Å². The molecule has 5 atom stereocenters. The molecule has 1 aromatic heterocycles. The molecule has 17 heteroatoms. The van der Waals surface area contributed by atoms with Crippen LogP contribution in [0.25, 0.3) is 22.3 Å². The van der Waals surface area contributed by atoms with Crippen LogP contribution in [0.2, 0.25) is 0 Å². The largest absolute Gasteiger partial charge is 0.508 e. The summed E-state index contributed by atoms with van der Waals surface area (Å²) in [6.07, 6.45) is -9.67. The Bertz CT molecular complexity index is 1820. The summed E-state index contributed by atoms with van der Waals surface area (Å²) in [5, 5.41) is 110. The second-order valence-electron chi connectivity index (χ2n) is 9.88. The fourth-order valence-corrected chi connectivity index (χ4v) is 4.53. The van der Waals surface area contributed by atoms with Crippen LogP contribution in [0, 0.1) is 0 Å². The highest BCUT2D eigenvalue weighted by Gasteiger charge is 2.46. The molecule has 1 aliphatic heterocycles. The number of carbonyl (C=O) groups excluding carboxylic acids is 1. The minimum absolute atomic E-state index is 0.295. The van der Waals surface area contributed by atoms with Gasteiger partial charge in [-0.2, -0.15) is 0 Å². The Kier molecular flexibility index (Phi) is 7.86. The Hall–Kier alpha value is -5.62. The maximum atomic E-state index is 13.6.